The van der Waals surface area contributed by atoms with Crippen LogP contribution >= 0.6 is 7.21 Å². The number of aromatic nitrogens is 2. The fourth-order valence-electron chi connectivity index (χ4n) is 4.84. The van der Waals surface area contributed by atoms with Gasteiger partial charge in [-0.05, 0) is 57.9 Å². The third kappa shape index (κ3) is 3.92. The molecule has 3 aromatic rings. The Morgan fingerprint density at radius 2 is 1.48 bits per heavy atom. The molecular formula is C26H35N4P. The predicted molar refractivity (Wildman–Crippen MR) is 133 cm³/mol. The summed E-state index contributed by atoms with van der Waals surface area (Å²) < 4.78 is 10.5. The van der Waals surface area contributed by atoms with Crippen LogP contribution in [0.1, 0.15) is 50.6 Å². The summed E-state index contributed by atoms with van der Waals surface area (Å²) in [6.45, 7) is 15.9. The molecule has 0 spiro atoms. The molecule has 4 rings (SSSR count). The minimum atomic E-state index is -2.12. The quantitative estimate of drug-likeness (QED) is 0.425. The van der Waals surface area contributed by atoms with Crippen molar-refractivity contribution in [3.8, 4) is 5.69 Å². The molecule has 0 radical (unpaired) electrons. The maximum absolute atomic E-state index is 5.67. The lowest BCUT2D eigenvalue weighted by atomic mass is 10.2. The molecule has 0 aliphatic carbocycles. The van der Waals surface area contributed by atoms with Gasteiger partial charge in [0.2, 0.25) is 0 Å². The maximum Gasteiger partial charge on any atom is 0.0756 e. The maximum atomic E-state index is 5.67. The van der Waals surface area contributed by atoms with Gasteiger partial charge < -0.3 is 0 Å². The van der Waals surface area contributed by atoms with Crippen molar-refractivity contribution in [3.63, 3.8) is 0 Å². The molecule has 164 valence electrons. The standard InChI is InChI=1S/C26H35N4P/c1-20-14-16-23(17-15-20)28-31(26(4,5)6,29-18-10-11-19-29)25-21(2)27-30(22(25)3)24-12-8-7-9-13-24/h7-9,12-17H,10-11,18-19H2,1-6H3/t31-/m1/s1. The largest absolute Gasteiger partial charge is 0.265 e. The fourth-order valence-corrected chi connectivity index (χ4v) is 9.54. The van der Waals surface area contributed by atoms with Gasteiger partial charge >= 0.3 is 0 Å². The Kier molecular flexibility index (Phi) is 5.98. The Hall–Kier alpha value is -2.16. The van der Waals surface area contributed by atoms with E-state index in [1.54, 1.807) is 0 Å². The summed E-state index contributed by atoms with van der Waals surface area (Å²) in [5.74, 6) is 0. The fraction of sp³-hybridized carbons (Fsp3) is 0.423. The van der Waals surface area contributed by atoms with Crippen LogP contribution in [0.4, 0.5) is 5.69 Å². The van der Waals surface area contributed by atoms with E-state index in [9.17, 15) is 0 Å². The van der Waals surface area contributed by atoms with E-state index < -0.39 is 7.21 Å². The monoisotopic (exact) mass is 434 g/mol. The Morgan fingerprint density at radius 1 is 0.871 bits per heavy atom. The van der Waals surface area contributed by atoms with Crippen molar-refractivity contribution >= 4 is 18.2 Å². The highest BCUT2D eigenvalue weighted by atomic mass is 31.2. The Labute approximate surface area is 187 Å². The van der Waals surface area contributed by atoms with E-state index in [0.717, 1.165) is 30.2 Å². The first-order valence-electron chi connectivity index (χ1n) is 11.3. The number of para-hydroxylation sites is 1. The molecule has 0 N–H and O–H groups in total. The molecule has 2 heterocycles. The molecule has 0 amide bonds. The van der Waals surface area contributed by atoms with E-state index in [0.29, 0.717) is 0 Å². The van der Waals surface area contributed by atoms with Crippen LogP contribution in [-0.2, 0) is 0 Å². The van der Waals surface area contributed by atoms with Gasteiger partial charge in [-0.3, -0.25) is 4.67 Å². The van der Waals surface area contributed by atoms with E-state index in [1.165, 1.54) is 29.4 Å². The highest BCUT2D eigenvalue weighted by molar-refractivity contribution is 7.73. The Bertz CT molecular complexity index is 1100. The van der Waals surface area contributed by atoms with Gasteiger partial charge in [0.15, 0.2) is 0 Å². The zero-order chi connectivity index (χ0) is 22.2. The average Bonchev–Trinajstić information content (AvgIpc) is 3.37. The van der Waals surface area contributed by atoms with Crippen LogP contribution in [0.3, 0.4) is 0 Å². The third-order valence-electron chi connectivity index (χ3n) is 6.29. The van der Waals surface area contributed by atoms with Crippen molar-refractivity contribution in [2.45, 2.75) is 59.5 Å². The highest BCUT2D eigenvalue weighted by Gasteiger charge is 2.45. The van der Waals surface area contributed by atoms with Gasteiger partial charge in [-0.2, -0.15) is 5.10 Å². The molecule has 31 heavy (non-hydrogen) atoms. The second-order valence-corrected chi connectivity index (χ2v) is 13.4. The lowest BCUT2D eigenvalue weighted by Gasteiger charge is -2.44. The number of hydrogen-bond acceptors (Lipinski definition) is 2. The minimum absolute atomic E-state index is 0.0116. The lowest BCUT2D eigenvalue weighted by Crippen LogP contribution is -2.36. The van der Waals surface area contributed by atoms with Crippen molar-refractivity contribution < 1.29 is 0 Å². The normalized spacial score (nSPS) is 17.0. The minimum Gasteiger partial charge on any atom is -0.265 e. The van der Waals surface area contributed by atoms with Gasteiger partial charge in [0.05, 0.1) is 35.3 Å². The van der Waals surface area contributed by atoms with Gasteiger partial charge in [-0.15, -0.1) is 0 Å². The number of hydrogen-bond donors (Lipinski definition) is 0. The predicted octanol–water partition coefficient (Wildman–Crippen LogP) is 6.77. The zero-order valence-corrected chi connectivity index (χ0v) is 20.7. The summed E-state index contributed by atoms with van der Waals surface area (Å²) in [6.07, 6.45) is 2.48. The molecule has 0 unspecified atom stereocenters. The van der Waals surface area contributed by atoms with Crippen molar-refractivity contribution in [1.82, 2.24) is 14.5 Å². The first-order chi connectivity index (χ1) is 14.7. The molecule has 0 saturated carbocycles. The lowest BCUT2D eigenvalue weighted by molar-refractivity contribution is 0.538. The number of benzene rings is 2. The first kappa shape index (κ1) is 22.0. The topological polar surface area (TPSA) is 33.4 Å². The molecule has 2 aromatic carbocycles. The summed E-state index contributed by atoms with van der Waals surface area (Å²) in [5, 5.41) is 6.39. The summed E-state index contributed by atoms with van der Waals surface area (Å²) in [7, 11) is -2.12. The van der Waals surface area contributed by atoms with Crippen LogP contribution in [0.15, 0.2) is 59.3 Å². The van der Waals surface area contributed by atoms with E-state index in [4.69, 9.17) is 9.84 Å². The van der Waals surface area contributed by atoms with Crippen LogP contribution in [0.5, 0.6) is 0 Å². The Morgan fingerprint density at radius 3 is 2.06 bits per heavy atom. The molecule has 1 aliphatic rings. The van der Waals surface area contributed by atoms with Gasteiger partial charge in [0.1, 0.15) is 0 Å². The third-order valence-corrected chi connectivity index (χ3v) is 11.2. The van der Waals surface area contributed by atoms with E-state index in [-0.39, 0.29) is 5.16 Å². The summed E-state index contributed by atoms with van der Waals surface area (Å²) >= 11 is 0. The van der Waals surface area contributed by atoms with Crippen LogP contribution in [0, 0.1) is 20.8 Å². The van der Waals surface area contributed by atoms with Gasteiger partial charge in [-0.25, -0.2) is 9.43 Å². The molecule has 4 nitrogen and oxygen atoms in total. The average molecular weight is 435 g/mol. The molecule has 1 atom stereocenters. The van der Waals surface area contributed by atoms with Crippen LogP contribution in [-0.4, -0.2) is 32.7 Å². The van der Waals surface area contributed by atoms with Crippen molar-refractivity contribution in [1.29, 1.82) is 0 Å². The van der Waals surface area contributed by atoms with Crippen LogP contribution < -0.4 is 5.30 Å². The SMILES string of the molecule is Cc1ccc(N=[P@](c2c(C)nn(-c3ccccc3)c2C)(N2CCCC2)C(C)(C)C)cc1. The second kappa shape index (κ2) is 8.41. The highest BCUT2D eigenvalue weighted by Crippen LogP contribution is 2.65. The van der Waals surface area contributed by atoms with Crippen LogP contribution in [0.25, 0.3) is 5.69 Å². The van der Waals surface area contributed by atoms with Crippen molar-refractivity contribution in [3.05, 3.63) is 71.5 Å². The van der Waals surface area contributed by atoms with Gasteiger partial charge in [0, 0.05) is 18.2 Å². The summed E-state index contributed by atoms with van der Waals surface area (Å²) in [4.78, 5) is 0. The van der Waals surface area contributed by atoms with E-state index >= 15 is 0 Å². The smallest absolute Gasteiger partial charge is 0.0756 e. The van der Waals surface area contributed by atoms with Crippen molar-refractivity contribution in [2.75, 3.05) is 13.1 Å². The van der Waals surface area contributed by atoms with E-state index in [1.807, 2.05) is 0 Å². The van der Waals surface area contributed by atoms with Crippen LogP contribution in [0.2, 0.25) is 0 Å². The molecule has 1 fully saturated rings. The number of nitrogens with zero attached hydrogens (tertiary/aromatic N) is 4. The molecule has 1 saturated heterocycles. The summed E-state index contributed by atoms with van der Waals surface area (Å²) in [6, 6.07) is 19.2. The van der Waals surface area contributed by atoms with Gasteiger partial charge in [-0.1, -0.05) is 56.7 Å². The molecule has 5 heteroatoms. The van der Waals surface area contributed by atoms with E-state index in [2.05, 4.69) is 105 Å². The second-order valence-electron chi connectivity index (χ2n) is 9.64. The van der Waals surface area contributed by atoms with Gasteiger partial charge in [0.25, 0.3) is 0 Å². The molecule has 0 bridgehead atoms. The first-order valence-corrected chi connectivity index (χ1v) is 13.0. The number of aryl methyl sites for hydroxylation is 2. The zero-order valence-electron chi connectivity index (χ0n) is 19.8. The number of rotatable bonds is 4. The molecule has 1 aliphatic heterocycles. The van der Waals surface area contributed by atoms with Crippen molar-refractivity contribution in [2.24, 2.45) is 4.74 Å². The summed E-state index contributed by atoms with van der Waals surface area (Å²) in [5.41, 5.74) is 5.77. The Balaban J connectivity index is 2.04. The molecule has 1 aromatic heterocycles. The molecular weight excluding hydrogens is 399 g/mol.